The van der Waals surface area contributed by atoms with Crippen molar-refractivity contribution in [2.24, 2.45) is 5.92 Å². The van der Waals surface area contributed by atoms with Crippen LogP contribution in [0.1, 0.15) is 77.0 Å². The van der Waals surface area contributed by atoms with E-state index in [4.69, 9.17) is 14.2 Å². The molecule has 0 spiro atoms. The minimum Gasteiger partial charge on any atom is -0.497 e. The smallest absolute Gasteiger partial charge is 0.410 e. The van der Waals surface area contributed by atoms with Crippen LogP contribution in [0.5, 0.6) is 5.75 Å². The highest BCUT2D eigenvalue weighted by Gasteiger charge is 2.61. The molecular formula is C36H47N5O9. The number of fused-ring (bicyclic) bond motifs is 5. The number of carboxylic acids is 1. The van der Waals surface area contributed by atoms with E-state index in [2.05, 4.69) is 15.6 Å². The number of nitrogens with zero attached hydrogens (tertiary/aromatic N) is 2. The Bertz CT molecular complexity index is 1700. The number of H-pyrrole nitrogens is 1. The summed E-state index contributed by atoms with van der Waals surface area (Å²) in [5, 5.41) is 16.6. The molecule has 14 heteroatoms. The first-order chi connectivity index (χ1) is 23.8. The highest BCUT2D eigenvalue weighted by Crippen LogP contribution is 2.45. The van der Waals surface area contributed by atoms with Crippen molar-refractivity contribution in [2.75, 3.05) is 20.2 Å². The SMILES string of the molecule is COc1ccc2[nH]c3c(c2c1)CCN(C(=O)O[C@@H]1C[C@H]2C(=O)N[C@]4(C(=O)O)C[C@H]4C=CCCCCC[C@H](NC(=O)OC(C)(C)C)C(=O)N2C1)C3. The van der Waals surface area contributed by atoms with Gasteiger partial charge < -0.3 is 44.7 Å². The van der Waals surface area contributed by atoms with Gasteiger partial charge in [0.2, 0.25) is 11.8 Å². The second kappa shape index (κ2) is 13.9. The van der Waals surface area contributed by atoms with Gasteiger partial charge in [0.1, 0.15) is 35.1 Å². The van der Waals surface area contributed by atoms with E-state index >= 15 is 0 Å². The maximum atomic E-state index is 14.2. The monoisotopic (exact) mass is 693 g/mol. The molecule has 270 valence electrons. The number of benzene rings is 1. The van der Waals surface area contributed by atoms with Crippen LogP contribution in [0.2, 0.25) is 0 Å². The third kappa shape index (κ3) is 7.38. The number of hydrogen-bond donors (Lipinski definition) is 4. The number of alkyl carbamates (subject to hydrolysis) is 1. The van der Waals surface area contributed by atoms with Crippen LogP contribution < -0.4 is 15.4 Å². The van der Waals surface area contributed by atoms with Crippen LogP contribution in [-0.4, -0.2) is 99.4 Å². The molecule has 0 unspecified atom stereocenters. The molecule has 4 amide bonds. The van der Waals surface area contributed by atoms with Crippen LogP contribution in [-0.2, 0) is 36.8 Å². The number of carboxylic acid groups (broad SMARTS) is 1. The van der Waals surface area contributed by atoms with E-state index in [1.807, 2.05) is 30.4 Å². The maximum absolute atomic E-state index is 14.2. The van der Waals surface area contributed by atoms with Crippen molar-refractivity contribution in [3.63, 3.8) is 0 Å². The molecule has 1 aromatic heterocycles. The summed E-state index contributed by atoms with van der Waals surface area (Å²) in [5.74, 6) is -1.93. The third-order valence-corrected chi connectivity index (χ3v) is 10.0. The Hall–Kier alpha value is -4.75. The lowest BCUT2D eigenvalue weighted by Crippen LogP contribution is -2.56. The number of rotatable bonds is 4. The van der Waals surface area contributed by atoms with Gasteiger partial charge in [-0.15, -0.1) is 0 Å². The van der Waals surface area contributed by atoms with E-state index in [-0.39, 0.29) is 25.3 Å². The van der Waals surface area contributed by atoms with Crippen LogP contribution in [0.3, 0.4) is 0 Å². The van der Waals surface area contributed by atoms with E-state index in [1.54, 1.807) is 32.8 Å². The zero-order valence-corrected chi connectivity index (χ0v) is 29.1. The number of aliphatic carboxylic acids is 1. The van der Waals surface area contributed by atoms with Crippen molar-refractivity contribution >= 4 is 40.9 Å². The fraction of sp³-hybridized carbons (Fsp3) is 0.583. The number of aromatic amines is 1. The molecule has 3 aliphatic heterocycles. The standard InChI is InChI=1S/C36H47N5O9/c1-35(2,3)50-33(46)38-27-11-9-7-5-6-8-10-21-18-36(21,32(44)45)39-30(42)29-17-23(19-41(29)31(27)43)49-34(47)40-15-14-24-25-16-22(48-4)12-13-26(25)37-28(24)20-40/h8,10,12-13,16,21,23,27,29,37H,5-7,9,11,14-15,17-20H2,1-4H3,(H,38,46)(H,39,42)(H,44,45)/t21-,23-,27+,29+,36-/m1/s1. The summed E-state index contributed by atoms with van der Waals surface area (Å²) in [7, 11) is 1.62. The summed E-state index contributed by atoms with van der Waals surface area (Å²) in [6.45, 7) is 5.78. The quantitative estimate of drug-likeness (QED) is 0.344. The second-order valence-electron chi connectivity index (χ2n) is 14.8. The molecule has 1 saturated heterocycles. The van der Waals surface area contributed by atoms with Crippen LogP contribution in [0.15, 0.2) is 30.4 Å². The van der Waals surface area contributed by atoms with Gasteiger partial charge in [0.25, 0.3) is 0 Å². The molecule has 2 fully saturated rings. The summed E-state index contributed by atoms with van der Waals surface area (Å²) >= 11 is 0. The van der Waals surface area contributed by atoms with Gasteiger partial charge in [0, 0.05) is 35.5 Å². The molecule has 0 radical (unpaired) electrons. The van der Waals surface area contributed by atoms with Crippen molar-refractivity contribution in [3.8, 4) is 5.75 Å². The lowest BCUT2D eigenvalue weighted by Gasteiger charge is -2.30. The highest BCUT2D eigenvalue weighted by atomic mass is 16.6. The largest absolute Gasteiger partial charge is 0.497 e. The molecule has 6 rings (SSSR count). The van der Waals surface area contributed by atoms with Crippen molar-refractivity contribution in [3.05, 3.63) is 41.6 Å². The second-order valence-corrected chi connectivity index (χ2v) is 14.8. The number of methoxy groups -OCH3 is 1. The predicted molar refractivity (Wildman–Crippen MR) is 181 cm³/mol. The van der Waals surface area contributed by atoms with Gasteiger partial charge in [0.05, 0.1) is 20.2 Å². The number of aromatic nitrogens is 1. The fourth-order valence-electron chi connectivity index (χ4n) is 7.32. The highest BCUT2D eigenvalue weighted by molar-refractivity contribution is 5.96. The molecule has 2 aromatic rings. The summed E-state index contributed by atoms with van der Waals surface area (Å²) in [4.78, 5) is 73.1. The first-order valence-corrected chi connectivity index (χ1v) is 17.4. The third-order valence-electron chi connectivity index (χ3n) is 10.0. The van der Waals surface area contributed by atoms with Crippen molar-refractivity contribution in [2.45, 2.75) is 108 Å². The number of carbonyl (C=O) groups excluding carboxylic acids is 4. The summed E-state index contributed by atoms with van der Waals surface area (Å²) in [6, 6.07) is 3.66. The molecule has 1 aliphatic carbocycles. The molecule has 5 atom stereocenters. The molecular weight excluding hydrogens is 646 g/mol. The van der Waals surface area contributed by atoms with Crippen LogP contribution in [0.25, 0.3) is 10.9 Å². The Morgan fingerprint density at radius 1 is 1.12 bits per heavy atom. The van der Waals surface area contributed by atoms with Gasteiger partial charge in [-0.2, -0.15) is 0 Å². The van der Waals surface area contributed by atoms with Crippen molar-refractivity contribution < 1.29 is 43.3 Å². The van der Waals surface area contributed by atoms with Gasteiger partial charge in [-0.25, -0.2) is 14.4 Å². The average molecular weight is 694 g/mol. The van der Waals surface area contributed by atoms with Gasteiger partial charge in [-0.3, -0.25) is 9.59 Å². The van der Waals surface area contributed by atoms with Crippen LogP contribution in [0, 0.1) is 5.92 Å². The Kier molecular flexibility index (Phi) is 9.73. The Morgan fingerprint density at radius 2 is 1.92 bits per heavy atom. The van der Waals surface area contributed by atoms with Crippen molar-refractivity contribution in [1.29, 1.82) is 0 Å². The van der Waals surface area contributed by atoms with Crippen LogP contribution >= 0.6 is 0 Å². The van der Waals surface area contributed by atoms with E-state index in [1.165, 1.54) is 4.90 Å². The number of ether oxygens (including phenoxy) is 3. The molecule has 1 aromatic carbocycles. The average Bonchev–Trinajstić information content (AvgIpc) is 3.40. The van der Waals surface area contributed by atoms with Gasteiger partial charge in [-0.05, 0) is 76.6 Å². The summed E-state index contributed by atoms with van der Waals surface area (Å²) in [5.41, 5.74) is 0.683. The fourth-order valence-corrected chi connectivity index (χ4v) is 7.32. The zero-order valence-electron chi connectivity index (χ0n) is 29.1. The van der Waals surface area contributed by atoms with E-state index < -0.39 is 59.3 Å². The van der Waals surface area contributed by atoms with Crippen molar-refractivity contribution in [1.82, 2.24) is 25.4 Å². The van der Waals surface area contributed by atoms with Gasteiger partial charge >= 0.3 is 18.2 Å². The Labute approximate surface area is 290 Å². The number of hydrogen-bond acceptors (Lipinski definition) is 8. The summed E-state index contributed by atoms with van der Waals surface area (Å²) < 4.78 is 16.8. The van der Waals surface area contributed by atoms with E-state index in [0.29, 0.717) is 32.4 Å². The number of nitrogens with one attached hydrogen (secondary N) is 3. The molecule has 1 saturated carbocycles. The number of amides is 4. The Balaban J connectivity index is 1.21. The topological polar surface area (TPSA) is 180 Å². The predicted octanol–water partition coefficient (Wildman–Crippen LogP) is 4.01. The van der Waals surface area contributed by atoms with Crippen LogP contribution in [0.4, 0.5) is 9.59 Å². The van der Waals surface area contributed by atoms with Gasteiger partial charge in [-0.1, -0.05) is 25.0 Å². The molecule has 50 heavy (non-hydrogen) atoms. The molecule has 4 aliphatic rings. The number of carbonyl (C=O) groups is 5. The molecule has 0 bridgehead atoms. The lowest BCUT2D eigenvalue weighted by molar-refractivity contribution is -0.145. The summed E-state index contributed by atoms with van der Waals surface area (Å²) in [6.07, 6.45) is 5.69. The van der Waals surface area contributed by atoms with Gasteiger partial charge in [0.15, 0.2) is 0 Å². The zero-order chi connectivity index (χ0) is 35.8. The molecule has 4 N–H and O–H groups in total. The normalized spacial score (nSPS) is 27.2. The Morgan fingerprint density at radius 3 is 2.66 bits per heavy atom. The lowest BCUT2D eigenvalue weighted by atomic mass is 10.0. The molecule has 14 nitrogen and oxygen atoms in total. The first-order valence-electron chi connectivity index (χ1n) is 17.4. The maximum Gasteiger partial charge on any atom is 0.410 e. The number of allylic oxidation sites excluding steroid dienone is 1. The molecule has 4 heterocycles. The first kappa shape index (κ1) is 35.1. The van der Waals surface area contributed by atoms with E-state index in [9.17, 15) is 29.1 Å². The van der Waals surface area contributed by atoms with E-state index in [0.717, 1.165) is 47.2 Å². The minimum atomic E-state index is -1.47. The minimum absolute atomic E-state index is 0.0239.